The van der Waals surface area contributed by atoms with Crippen molar-refractivity contribution in [3.05, 3.63) is 81.7 Å². The van der Waals surface area contributed by atoms with E-state index in [0.29, 0.717) is 5.58 Å². The maximum atomic E-state index is 12.6. The van der Waals surface area contributed by atoms with Gasteiger partial charge in [0.15, 0.2) is 5.78 Å². The lowest BCUT2D eigenvalue weighted by Crippen LogP contribution is -2.15. The molecule has 3 aromatic rings. The van der Waals surface area contributed by atoms with E-state index >= 15 is 0 Å². The Morgan fingerprint density at radius 2 is 1.88 bits per heavy atom. The lowest BCUT2D eigenvalue weighted by Gasteiger charge is -2.12. The molecule has 2 aromatic carbocycles. The second-order valence-corrected chi connectivity index (χ2v) is 6.52. The van der Waals surface area contributed by atoms with Gasteiger partial charge < -0.3 is 9.32 Å². The number of rotatable bonds is 2. The summed E-state index contributed by atoms with van der Waals surface area (Å²) in [7, 11) is 1.90. The molecule has 5 heteroatoms. The van der Waals surface area contributed by atoms with Gasteiger partial charge in [-0.05, 0) is 24.3 Å². The molecule has 24 heavy (non-hydrogen) atoms. The molecular weight excluding hydrogens is 322 g/mol. The van der Waals surface area contributed by atoms with Gasteiger partial charge in [-0.15, -0.1) is 0 Å². The molecule has 2 heterocycles. The Morgan fingerprint density at radius 3 is 2.71 bits per heavy atom. The van der Waals surface area contributed by atoms with E-state index in [9.17, 15) is 9.59 Å². The molecule has 1 aliphatic heterocycles. The van der Waals surface area contributed by atoms with Gasteiger partial charge in [0.1, 0.15) is 11.1 Å². The molecule has 0 aliphatic carbocycles. The zero-order valence-electron chi connectivity index (χ0n) is 12.9. The van der Waals surface area contributed by atoms with E-state index < -0.39 is 5.63 Å². The SMILES string of the molecule is CN1/C(=C\C(=O)c2cc3ccccc3oc2=O)Sc2ccccc21. The van der Waals surface area contributed by atoms with E-state index in [1.807, 2.05) is 48.3 Å². The fourth-order valence-electron chi connectivity index (χ4n) is 2.67. The number of hydrogen-bond donors (Lipinski definition) is 0. The molecule has 0 radical (unpaired) electrons. The van der Waals surface area contributed by atoms with Gasteiger partial charge in [0.25, 0.3) is 0 Å². The first-order chi connectivity index (χ1) is 11.6. The molecule has 1 aromatic heterocycles. The van der Waals surface area contributed by atoms with Gasteiger partial charge in [0, 0.05) is 23.4 Å². The first-order valence-electron chi connectivity index (χ1n) is 7.43. The Labute approximate surface area is 142 Å². The van der Waals surface area contributed by atoms with E-state index in [4.69, 9.17) is 4.42 Å². The molecule has 1 aliphatic rings. The lowest BCUT2D eigenvalue weighted by molar-refractivity contribution is 0.104. The van der Waals surface area contributed by atoms with E-state index in [-0.39, 0.29) is 11.3 Å². The molecule has 0 amide bonds. The van der Waals surface area contributed by atoms with Crippen LogP contribution in [0.3, 0.4) is 0 Å². The average molecular weight is 335 g/mol. The molecule has 4 rings (SSSR count). The van der Waals surface area contributed by atoms with Gasteiger partial charge in [-0.2, -0.15) is 0 Å². The fraction of sp³-hybridized carbons (Fsp3) is 0.0526. The Kier molecular flexibility index (Phi) is 3.50. The normalized spacial score (nSPS) is 15.0. The maximum absolute atomic E-state index is 12.6. The van der Waals surface area contributed by atoms with Crippen molar-refractivity contribution in [2.24, 2.45) is 0 Å². The Morgan fingerprint density at radius 1 is 1.12 bits per heavy atom. The van der Waals surface area contributed by atoms with Gasteiger partial charge in [0.05, 0.1) is 10.7 Å². The number of fused-ring (bicyclic) bond motifs is 2. The Bertz CT molecular complexity index is 1050. The standard InChI is InChI=1S/C19H13NO3S/c1-20-14-7-3-5-9-17(14)24-18(20)11-15(21)13-10-12-6-2-4-8-16(12)23-19(13)22/h2-11H,1H3/b18-11+. The smallest absolute Gasteiger partial charge is 0.347 e. The van der Waals surface area contributed by atoms with Crippen LogP contribution in [0.5, 0.6) is 0 Å². The number of nitrogens with zero attached hydrogens (tertiary/aromatic N) is 1. The maximum Gasteiger partial charge on any atom is 0.347 e. The summed E-state index contributed by atoms with van der Waals surface area (Å²) in [6.07, 6.45) is 1.49. The average Bonchev–Trinajstić information content (AvgIpc) is 2.90. The fourth-order valence-corrected chi connectivity index (χ4v) is 3.75. The number of allylic oxidation sites excluding steroid dienone is 1. The Balaban J connectivity index is 1.73. The highest BCUT2D eigenvalue weighted by atomic mass is 32.2. The van der Waals surface area contributed by atoms with E-state index in [1.54, 1.807) is 18.2 Å². The van der Waals surface area contributed by atoms with E-state index in [2.05, 4.69) is 0 Å². The minimum absolute atomic E-state index is 0.0474. The molecule has 0 unspecified atom stereocenters. The molecule has 0 N–H and O–H groups in total. The molecular formula is C19H13NO3S. The third kappa shape index (κ3) is 2.43. The summed E-state index contributed by atoms with van der Waals surface area (Å²) in [6, 6.07) is 16.7. The van der Waals surface area contributed by atoms with Gasteiger partial charge in [-0.1, -0.05) is 42.1 Å². The summed E-state index contributed by atoms with van der Waals surface area (Å²) in [6.45, 7) is 0. The highest BCUT2D eigenvalue weighted by molar-refractivity contribution is 8.03. The van der Waals surface area contributed by atoms with Crippen LogP contribution in [0.2, 0.25) is 0 Å². The Hall–Kier alpha value is -2.79. The predicted octanol–water partition coefficient (Wildman–Crippen LogP) is 4.06. The van der Waals surface area contributed by atoms with Crippen LogP contribution in [-0.4, -0.2) is 12.8 Å². The van der Waals surface area contributed by atoms with Crippen molar-refractivity contribution < 1.29 is 9.21 Å². The van der Waals surface area contributed by atoms with Crippen LogP contribution in [0.1, 0.15) is 10.4 Å². The van der Waals surface area contributed by atoms with Crippen LogP contribution in [-0.2, 0) is 0 Å². The van der Waals surface area contributed by atoms with Crippen LogP contribution in [0, 0.1) is 0 Å². The summed E-state index contributed by atoms with van der Waals surface area (Å²) in [5.41, 5.74) is 0.962. The number of hydrogen-bond acceptors (Lipinski definition) is 5. The molecule has 0 atom stereocenters. The van der Waals surface area contributed by atoms with Crippen molar-refractivity contribution in [1.29, 1.82) is 0 Å². The van der Waals surface area contributed by atoms with Gasteiger partial charge in [0.2, 0.25) is 0 Å². The number of benzene rings is 2. The number of para-hydroxylation sites is 2. The summed E-state index contributed by atoms with van der Waals surface area (Å²) in [4.78, 5) is 27.7. The molecule has 0 spiro atoms. The van der Waals surface area contributed by atoms with Crippen molar-refractivity contribution >= 4 is 34.2 Å². The quantitative estimate of drug-likeness (QED) is 0.401. The minimum atomic E-state index is -0.612. The van der Waals surface area contributed by atoms with Crippen LogP contribution in [0.4, 0.5) is 5.69 Å². The summed E-state index contributed by atoms with van der Waals surface area (Å²) in [5.74, 6) is -0.350. The number of ketones is 1. The third-order valence-electron chi connectivity index (χ3n) is 3.93. The van der Waals surface area contributed by atoms with Gasteiger partial charge in [-0.3, -0.25) is 4.79 Å². The second kappa shape index (κ2) is 5.69. The van der Waals surface area contributed by atoms with Crippen molar-refractivity contribution in [2.45, 2.75) is 4.90 Å². The molecule has 0 fully saturated rings. The van der Waals surface area contributed by atoms with Gasteiger partial charge in [-0.25, -0.2) is 4.79 Å². The zero-order chi connectivity index (χ0) is 16.7. The second-order valence-electron chi connectivity index (χ2n) is 5.46. The summed E-state index contributed by atoms with van der Waals surface area (Å²) in [5, 5.41) is 1.52. The highest BCUT2D eigenvalue weighted by Gasteiger charge is 2.23. The molecule has 0 bridgehead atoms. The molecule has 4 nitrogen and oxygen atoms in total. The van der Waals surface area contributed by atoms with Crippen molar-refractivity contribution in [3.8, 4) is 0 Å². The number of thioether (sulfide) groups is 1. The van der Waals surface area contributed by atoms with Crippen molar-refractivity contribution in [2.75, 3.05) is 11.9 Å². The van der Waals surface area contributed by atoms with E-state index in [1.165, 1.54) is 17.8 Å². The van der Waals surface area contributed by atoms with Crippen LogP contribution in [0.15, 0.2) is 79.8 Å². The molecule has 118 valence electrons. The molecule has 0 saturated carbocycles. The van der Waals surface area contributed by atoms with Crippen molar-refractivity contribution in [3.63, 3.8) is 0 Å². The lowest BCUT2D eigenvalue weighted by atomic mass is 10.1. The third-order valence-corrected chi connectivity index (χ3v) is 5.10. The van der Waals surface area contributed by atoms with Crippen molar-refractivity contribution in [1.82, 2.24) is 0 Å². The molecule has 0 saturated heterocycles. The first-order valence-corrected chi connectivity index (χ1v) is 8.25. The monoisotopic (exact) mass is 335 g/mol. The van der Waals surface area contributed by atoms with Gasteiger partial charge >= 0.3 is 5.63 Å². The van der Waals surface area contributed by atoms with E-state index in [0.717, 1.165) is 21.0 Å². The zero-order valence-corrected chi connectivity index (χ0v) is 13.7. The number of carbonyl (C=O) groups is 1. The number of carbonyl (C=O) groups excluding carboxylic acids is 1. The first kappa shape index (κ1) is 14.8. The van der Waals surface area contributed by atoms with Crippen LogP contribution in [0.25, 0.3) is 11.0 Å². The summed E-state index contributed by atoms with van der Waals surface area (Å²) >= 11 is 1.51. The minimum Gasteiger partial charge on any atom is -0.422 e. The topological polar surface area (TPSA) is 50.5 Å². The largest absolute Gasteiger partial charge is 0.422 e. The van der Waals surface area contributed by atoms with Crippen LogP contribution >= 0.6 is 11.8 Å². The number of anilines is 1. The summed E-state index contributed by atoms with van der Waals surface area (Å²) < 4.78 is 5.24. The predicted molar refractivity (Wildman–Crippen MR) is 95.6 cm³/mol. The highest BCUT2D eigenvalue weighted by Crippen LogP contribution is 2.44. The van der Waals surface area contributed by atoms with Crippen LogP contribution < -0.4 is 10.5 Å².